The number of phenols is 1. The van der Waals surface area contributed by atoms with E-state index in [2.05, 4.69) is 21.2 Å². The topological polar surface area (TPSA) is 69.6 Å². The molecule has 2 amide bonds. The largest absolute Gasteiger partial charge is 0.507 e. The minimum atomic E-state index is -0.172. The van der Waals surface area contributed by atoms with Crippen molar-refractivity contribution < 1.29 is 14.7 Å². The summed E-state index contributed by atoms with van der Waals surface area (Å²) in [5.41, 5.74) is 0.421. The lowest BCUT2D eigenvalue weighted by atomic mass is 10.2. The maximum atomic E-state index is 12.2. The highest BCUT2D eigenvalue weighted by molar-refractivity contribution is 9.10. The van der Waals surface area contributed by atoms with Crippen LogP contribution in [0.1, 0.15) is 16.8 Å². The number of hydrogen-bond acceptors (Lipinski definition) is 3. The normalized spacial score (nSPS) is 16.1. The average molecular weight is 313 g/mol. The van der Waals surface area contributed by atoms with Gasteiger partial charge in [0.25, 0.3) is 5.91 Å². The Hall–Kier alpha value is -1.56. The number of amides is 2. The van der Waals surface area contributed by atoms with E-state index >= 15 is 0 Å². The van der Waals surface area contributed by atoms with Gasteiger partial charge in [-0.2, -0.15) is 0 Å². The first-order valence-electron chi connectivity index (χ1n) is 5.62. The predicted octanol–water partition coefficient (Wildman–Crippen LogP) is 1.12. The molecule has 1 saturated heterocycles. The van der Waals surface area contributed by atoms with E-state index in [-0.39, 0.29) is 17.6 Å². The molecule has 0 aliphatic carbocycles. The van der Waals surface area contributed by atoms with Gasteiger partial charge in [-0.25, -0.2) is 0 Å². The highest BCUT2D eigenvalue weighted by Gasteiger charge is 2.20. The molecule has 6 heteroatoms. The number of nitrogens with zero attached hydrogens (tertiary/aromatic N) is 1. The third-order valence-corrected chi connectivity index (χ3v) is 3.46. The Balaban J connectivity index is 2.14. The number of aromatic hydroxyl groups is 1. The van der Waals surface area contributed by atoms with Crippen molar-refractivity contribution in [3.63, 3.8) is 0 Å². The quantitative estimate of drug-likeness (QED) is 0.816. The number of halogens is 1. The molecular formula is C12H13BrN2O3. The Kier molecular flexibility index (Phi) is 3.86. The van der Waals surface area contributed by atoms with E-state index in [1.807, 2.05) is 0 Å². The zero-order valence-corrected chi connectivity index (χ0v) is 11.2. The van der Waals surface area contributed by atoms with Gasteiger partial charge in [0.1, 0.15) is 5.75 Å². The molecule has 1 aliphatic rings. The van der Waals surface area contributed by atoms with Gasteiger partial charge >= 0.3 is 0 Å². The molecule has 0 unspecified atom stereocenters. The van der Waals surface area contributed by atoms with E-state index < -0.39 is 0 Å². The fourth-order valence-electron chi connectivity index (χ4n) is 1.80. The van der Waals surface area contributed by atoms with Crippen LogP contribution in [0.15, 0.2) is 22.7 Å². The van der Waals surface area contributed by atoms with Crippen molar-refractivity contribution in [2.45, 2.75) is 6.42 Å². The van der Waals surface area contributed by atoms with Crippen LogP contribution in [0, 0.1) is 0 Å². The number of hydrogen-bond donors (Lipinski definition) is 2. The van der Waals surface area contributed by atoms with Crippen LogP contribution in [-0.2, 0) is 4.79 Å². The Morgan fingerprint density at radius 1 is 1.39 bits per heavy atom. The first-order chi connectivity index (χ1) is 8.58. The van der Waals surface area contributed by atoms with Gasteiger partial charge < -0.3 is 15.3 Å². The average Bonchev–Trinajstić information content (AvgIpc) is 2.57. The second-order valence-corrected chi connectivity index (χ2v) is 4.91. The summed E-state index contributed by atoms with van der Waals surface area (Å²) in [6, 6.07) is 4.70. The van der Waals surface area contributed by atoms with Gasteiger partial charge in [-0.1, -0.05) is 0 Å². The van der Waals surface area contributed by atoms with E-state index in [9.17, 15) is 14.7 Å². The van der Waals surface area contributed by atoms with Crippen LogP contribution in [0.4, 0.5) is 0 Å². The summed E-state index contributed by atoms with van der Waals surface area (Å²) in [5, 5.41) is 12.3. The molecule has 1 aliphatic heterocycles. The van der Waals surface area contributed by atoms with Gasteiger partial charge in [-0.05, 0) is 34.1 Å². The van der Waals surface area contributed by atoms with Crippen LogP contribution in [0.25, 0.3) is 0 Å². The molecule has 1 fully saturated rings. The monoisotopic (exact) mass is 312 g/mol. The van der Waals surface area contributed by atoms with Gasteiger partial charge in [0.05, 0.1) is 4.47 Å². The molecule has 1 heterocycles. The number of carbonyl (C=O) groups is 2. The second-order valence-electron chi connectivity index (χ2n) is 4.06. The minimum Gasteiger partial charge on any atom is -0.507 e. The molecule has 18 heavy (non-hydrogen) atoms. The number of benzene rings is 1. The molecule has 1 aromatic rings. The highest BCUT2D eigenvalue weighted by Crippen LogP contribution is 2.25. The van der Waals surface area contributed by atoms with E-state index in [4.69, 9.17) is 0 Å². The summed E-state index contributed by atoms with van der Waals surface area (Å²) in [6.07, 6.45) is 0.314. The molecule has 2 rings (SSSR count). The third kappa shape index (κ3) is 2.81. The summed E-state index contributed by atoms with van der Waals surface area (Å²) in [6.45, 7) is 1.36. The molecule has 96 valence electrons. The number of phenolic OH excluding ortho intramolecular Hbond substituents is 1. The van der Waals surface area contributed by atoms with E-state index in [0.717, 1.165) is 0 Å². The van der Waals surface area contributed by atoms with Gasteiger partial charge in [0.15, 0.2) is 0 Å². The van der Waals surface area contributed by atoms with Crippen molar-refractivity contribution in [1.29, 1.82) is 0 Å². The molecule has 0 atom stereocenters. The molecule has 1 aromatic carbocycles. The molecule has 5 nitrogen and oxygen atoms in total. The Morgan fingerprint density at radius 3 is 2.89 bits per heavy atom. The number of carbonyl (C=O) groups excluding carboxylic acids is 2. The van der Waals surface area contributed by atoms with E-state index in [1.165, 1.54) is 6.07 Å². The van der Waals surface area contributed by atoms with E-state index in [0.29, 0.717) is 36.1 Å². The van der Waals surface area contributed by atoms with Crippen molar-refractivity contribution >= 4 is 27.7 Å². The Labute approximate surface area is 113 Å². The lowest BCUT2D eigenvalue weighted by Gasteiger charge is -2.19. The van der Waals surface area contributed by atoms with Crippen LogP contribution >= 0.6 is 15.9 Å². The lowest BCUT2D eigenvalue weighted by molar-refractivity contribution is -0.120. The van der Waals surface area contributed by atoms with Crippen molar-refractivity contribution in [2.75, 3.05) is 19.6 Å². The standard InChI is InChI=1S/C12H13BrN2O3/c13-9-2-1-8(7-10(9)16)12(18)15-5-3-11(17)14-4-6-15/h1-2,7,16H,3-6H2,(H,14,17). The lowest BCUT2D eigenvalue weighted by Crippen LogP contribution is -2.34. The maximum absolute atomic E-state index is 12.2. The van der Waals surface area contributed by atoms with Crippen LogP contribution in [0.2, 0.25) is 0 Å². The third-order valence-electron chi connectivity index (χ3n) is 2.79. The van der Waals surface area contributed by atoms with Gasteiger partial charge in [-0.15, -0.1) is 0 Å². The van der Waals surface area contributed by atoms with Gasteiger partial charge in [-0.3, -0.25) is 9.59 Å². The molecule has 0 bridgehead atoms. The smallest absolute Gasteiger partial charge is 0.254 e. The molecule has 0 spiro atoms. The van der Waals surface area contributed by atoms with Crippen LogP contribution < -0.4 is 5.32 Å². The molecule has 2 N–H and O–H groups in total. The molecular weight excluding hydrogens is 300 g/mol. The first kappa shape index (κ1) is 12.9. The summed E-state index contributed by atoms with van der Waals surface area (Å²) >= 11 is 3.17. The zero-order chi connectivity index (χ0) is 13.1. The summed E-state index contributed by atoms with van der Waals surface area (Å²) in [4.78, 5) is 25.0. The van der Waals surface area contributed by atoms with Crippen molar-refractivity contribution in [3.05, 3.63) is 28.2 Å². The fourth-order valence-corrected chi connectivity index (χ4v) is 2.04. The van der Waals surface area contributed by atoms with E-state index in [1.54, 1.807) is 17.0 Å². The number of nitrogens with one attached hydrogen (secondary N) is 1. The summed E-state index contributed by atoms with van der Waals surface area (Å²) in [7, 11) is 0. The molecule has 0 radical (unpaired) electrons. The molecule has 0 aromatic heterocycles. The van der Waals surface area contributed by atoms with Gasteiger partial charge in [0, 0.05) is 31.6 Å². The molecule has 0 saturated carbocycles. The van der Waals surface area contributed by atoms with Crippen molar-refractivity contribution in [2.24, 2.45) is 0 Å². The van der Waals surface area contributed by atoms with Crippen LogP contribution in [0.5, 0.6) is 5.75 Å². The minimum absolute atomic E-state index is 0.0323. The zero-order valence-electron chi connectivity index (χ0n) is 9.65. The van der Waals surface area contributed by atoms with Crippen LogP contribution in [-0.4, -0.2) is 41.5 Å². The first-order valence-corrected chi connectivity index (χ1v) is 6.42. The SMILES string of the molecule is O=C1CCN(C(=O)c2ccc(Br)c(O)c2)CCN1. The predicted molar refractivity (Wildman–Crippen MR) is 69.3 cm³/mol. The Morgan fingerprint density at radius 2 is 2.17 bits per heavy atom. The summed E-state index contributed by atoms with van der Waals surface area (Å²) < 4.78 is 0.548. The Bertz CT molecular complexity index is 490. The van der Waals surface area contributed by atoms with Crippen LogP contribution in [0.3, 0.4) is 0 Å². The number of rotatable bonds is 1. The maximum Gasteiger partial charge on any atom is 0.254 e. The van der Waals surface area contributed by atoms with Crippen molar-refractivity contribution in [3.8, 4) is 5.75 Å². The fraction of sp³-hybridized carbons (Fsp3) is 0.333. The second kappa shape index (κ2) is 5.39. The van der Waals surface area contributed by atoms with Gasteiger partial charge in [0.2, 0.25) is 5.91 Å². The van der Waals surface area contributed by atoms with Crippen molar-refractivity contribution in [1.82, 2.24) is 10.2 Å². The summed E-state index contributed by atoms with van der Waals surface area (Å²) in [5.74, 6) is -0.178. The highest BCUT2D eigenvalue weighted by atomic mass is 79.9.